The average molecular weight is 497 g/mol. The van der Waals surface area contributed by atoms with Crippen molar-refractivity contribution in [3.05, 3.63) is 94.5 Å². The van der Waals surface area contributed by atoms with Crippen LogP contribution < -0.4 is 0 Å². The van der Waals surface area contributed by atoms with Crippen LogP contribution >= 0.6 is 11.6 Å². The molecule has 0 saturated heterocycles. The Labute approximate surface area is 208 Å². The SMILES string of the molecule is COCCN(CC(=O)N1N=C(c2cccn2C)C[C@H]1c1ccc(Cl)cc1)C(=O)c1ccccc1F. The standard InChI is InChI=1S/C26H26ClFN4O3/c1-30-13-5-8-23(30)22-16-24(18-9-11-19(27)12-10-18)32(29-22)25(33)17-31(14-15-35-2)26(34)20-6-3-4-7-21(20)28/h3-13,24H,14-17H2,1-2H3/t24-/m0/s1. The summed E-state index contributed by atoms with van der Waals surface area (Å²) in [5, 5.41) is 6.67. The maximum atomic E-state index is 14.3. The summed E-state index contributed by atoms with van der Waals surface area (Å²) in [6, 6.07) is 16.5. The van der Waals surface area contributed by atoms with Crippen molar-refractivity contribution >= 4 is 29.1 Å². The molecule has 0 spiro atoms. The molecule has 1 atom stereocenters. The van der Waals surface area contributed by atoms with Crippen molar-refractivity contribution < 1.29 is 18.7 Å². The van der Waals surface area contributed by atoms with E-state index in [2.05, 4.69) is 5.10 Å². The molecule has 0 saturated carbocycles. The largest absolute Gasteiger partial charge is 0.383 e. The van der Waals surface area contributed by atoms with Crippen LogP contribution in [0.15, 0.2) is 72.0 Å². The second kappa shape index (κ2) is 10.8. The topological polar surface area (TPSA) is 67.1 Å². The van der Waals surface area contributed by atoms with Crippen LogP contribution in [0.4, 0.5) is 4.39 Å². The number of amides is 2. The molecule has 9 heteroatoms. The first kappa shape index (κ1) is 24.6. The first-order valence-electron chi connectivity index (χ1n) is 11.2. The lowest BCUT2D eigenvalue weighted by atomic mass is 10.0. The minimum atomic E-state index is -0.642. The first-order chi connectivity index (χ1) is 16.9. The summed E-state index contributed by atoms with van der Waals surface area (Å²) in [4.78, 5) is 28.0. The van der Waals surface area contributed by atoms with Gasteiger partial charge in [-0.05, 0) is 42.0 Å². The van der Waals surface area contributed by atoms with Crippen LogP contribution in [0, 0.1) is 5.82 Å². The van der Waals surface area contributed by atoms with Gasteiger partial charge in [-0.25, -0.2) is 9.40 Å². The average Bonchev–Trinajstić information content (AvgIpc) is 3.48. The number of aromatic nitrogens is 1. The molecule has 0 N–H and O–H groups in total. The number of rotatable bonds is 8. The third-order valence-electron chi connectivity index (χ3n) is 5.94. The molecule has 2 amide bonds. The molecule has 7 nitrogen and oxygen atoms in total. The van der Waals surface area contributed by atoms with E-state index in [0.717, 1.165) is 17.0 Å². The number of carbonyl (C=O) groups is 2. The van der Waals surface area contributed by atoms with Crippen molar-refractivity contribution in [2.75, 3.05) is 26.8 Å². The van der Waals surface area contributed by atoms with Gasteiger partial charge in [-0.3, -0.25) is 9.59 Å². The predicted octanol–water partition coefficient (Wildman–Crippen LogP) is 4.28. The van der Waals surface area contributed by atoms with Crippen LogP contribution in [0.3, 0.4) is 0 Å². The third-order valence-corrected chi connectivity index (χ3v) is 6.19. The molecular formula is C26H26ClFN4O3. The summed E-state index contributed by atoms with van der Waals surface area (Å²) in [5.41, 5.74) is 2.44. The Bertz CT molecular complexity index is 1240. The number of hydrogen-bond donors (Lipinski definition) is 0. The van der Waals surface area contributed by atoms with Crippen molar-refractivity contribution in [1.82, 2.24) is 14.5 Å². The van der Waals surface area contributed by atoms with E-state index in [1.165, 1.54) is 35.2 Å². The summed E-state index contributed by atoms with van der Waals surface area (Å²) in [6.45, 7) is 0.0553. The lowest BCUT2D eigenvalue weighted by molar-refractivity contribution is -0.133. The van der Waals surface area contributed by atoms with E-state index in [0.29, 0.717) is 11.4 Å². The monoisotopic (exact) mass is 496 g/mol. The molecule has 4 rings (SSSR count). The molecule has 2 heterocycles. The summed E-state index contributed by atoms with van der Waals surface area (Å²) < 4.78 is 21.4. The maximum Gasteiger partial charge on any atom is 0.262 e. The van der Waals surface area contributed by atoms with E-state index in [9.17, 15) is 14.0 Å². The maximum absolute atomic E-state index is 14.3. The van der Waals surface area contributed by atoms with Crippen LogP contribution in [0.25, 0.3) is 0 Å². The Hall–Kier alpha value is -3.49. The summed E-state index contributed by atoms with van der Waals surface area (Å²) in [7, 11) is 3.42. The number of aryl methyl sites for hydroxylation is 1. The van der Waals surface area contributed by atoms with E-state index in [4.69, 9.17) is 16.3 Å². The second-order valence-electron chi connectivity index (χ2n) is 8.26. The molecule has 182 valence electrons. The van der Waals surface area contributed by atoms with Gasteiger partial charge in [0.1, 0.15) is 12.4 Å². The molecule has 0 unspecified atom stereocenters. The van der Waals surface area contributed by atoms with Crippen molar-refractivity contribution in [2.45, 2.75) is 12.5 Å². The fourth-order valence-corrected chi connectivity index (χ4v) is 4.22. The Morgan fingerprint density at radius 2 is 1.89 bits per heavy atom. The molecule has 0 fully saturated rings. The molecule has 1 aliphatic heterocycles. The second-order valence-corrected chi connectivity index (χ2v) is 8.70. The quantitative estimate of drug-likeness (QED) is 0.467. The minimum absolute atomic E-state index is 0.0972. The first-order valence-corrected chi connectivity index (χ1v) is 11.6. The van der Waals surface area contributed by atoms with Gasteiger partial charge in [0.2, 0.25) is 0 Å². The molecule has 0 aliphatic carbocycles. The highest BCUT2D eigenvalue weighted by Crippen LogP contribution is 2.33. The number of hydrazone groups is 1. The number of halogens is 2. The van der Waals surface area contributed by atoms with Crippen molar-refractivity contribution in [3.63, 3.8) is 0 Å². The van der Waals surface area contributed by atoms with Crippen molar-refractivity contribution in [2.24, 2.45) is 12.1 Å². The van der Waals surface area contributed by atoms with Crippen LogP contribution in [-0.4, -0.2) is 58.8 Å². The zero-order valence-corrected chi connectivity index (χ0v) is 20.3. The minimum Gasteiger partial charge on any atom is -0.383 e. The normalized spacial score (nSPS) is 15.3. The van der Waals surface area contributed by atoms with E-state index in [1.807, 2.05) is 42.1 Å². The number of benzene rings is 2. The van der Waals surface area contributed by atoms with Crippen LogP contribution in [0.2, 0.25) is 5.02 Å². The Morgan fingerprint density at radius 3 is 2.54 bits per heavy atom. The summed E-state index contributed by atoms with van der Waals surface area (Å²) in [5.74, 6) is -1.60. The van der Waals surface area contributed by atoms with Gasteiger partial charge >= 0.3 is 0 Å². The molecule has 0 radical (unpaired) electrons. The molecule has 1 aromatic heterocycles. The fourth-order valence-electron chi connectivity index (χ4n) is 4.10. The van der Waals surface area contributed by atoms with Gasteiger partial charge in [0.15, 0.2) is 0 Å². The number of ether oxygens (including phenoxy) is 1. The lowest BCUT2D eigenvalue weighted by Crippen LogP contribution is -2.43. The molecule has 3 aromatic rings. The molecule has 35 heavy (non-hydrogen) atoms. The molecule has 1 aliphatic rings. The Morgan fingerprint density at radius 1 is 1.14 bits per heavy atom. The molecule has 2 aromatic carbocycles. The molecule has 0 bridgehead atoms. The van der Waals surface area contributed by atoms with Gasteiger partial charge in [0, 0.05) is 38.3 Å². The lowest BCUT2D eigenvalue weighted by Gasteiger charge is -2.27. The van der Waals surface area contributed by atoms with Gasteiger partial charge in [0.25, 0.3) is 11.8 Å². The van der Waals surface area contributed by atoms with Crippen LogP contribution in [-0.2, 0) is 16.6 Å². The van der Waals surface area contributed by atoms with Gasteiger partial charge in [-0.1, -0.05) is 35.9 Å². The van der Waals surface area contributed by atoms with E-state index in [-0.39, 0.29) is 37.2 Å². The van der Waals surface area contributed by atoms with Gasteiger partial charge in [-0.2, -0.15) is 5.10 Å². The van der Waals surface area contributed by atoms with E-state index >= 15 is 0 Å². The Balaban J connectivity index is 1.63. The highest BCUT2D eigenvalue weighted by atomic mass is 35.5. The summed E-state index contributed by atoms with van der Waals surface area (Å²) in [6.07, 6.45) is 2.42. The van der Waals surface area contributed by atoms with E-state index < -0.39 is 11.7 Å². The summed E-state index contributed by atoms with van der Waals surface area (Å²) >= 11 is 6.07. The number of nitrogens with zero attached hydrogens (tertiary/aromatic N) is 4. The van der Waals surface area contributed by atoms with Crippen LogP contribution in [0.5, 0.6) is 0 Å². The highest BCUT2D eigenvalue weighted by Gasteiger charge is 2.35. The van der Waals surface area contributed by atoms with E-state index in [1.54, 1.807) is 18.2 Å². The number of methoxy groups -OCH3 is 1. The van der Waals surface area contributed by atoms with Crippen molar-refractivity contribution in [1.29, 1.82) is 0 Å². The highest BCUT2D eigenvalue weighted by molar-refractivity contribution is 6.30. The number of carbonyl (C=O) groups excluding carboxylic acids is 2. The third kappa shape index (κ3) is 5.44. The zero-order valence-electron chi connectivity index (χ0n) is 19.5. The molecular weight excluding hydrogens is 471 g/mol. The smallest absolute Gasteiger partial charge is 0.262 e. The van der Waals surface area contributed by atoms with Gasteiger partial charge < -0.3 is 14.2 Å². The fraction of sp³-hybridized carbons (Fsp3) is 0.269. The van der Waals surface area contributed by atoms with Crippen LogP contribution in [0.1, 0.15) is 34.1 Å². The number of hydrogen-bond acceptors (Lipinski definition) is 4. The zero-order chi connectivity index (χ0) is 24.9. The van der Waals surface area contributed by atoms with Gasteiger partial charge in [-0.15, -0.1) is 0 Å². The van der Waals surface area contributed by atoms with Crippen molar-refractivity contribution in [3.8, 4) is 0 Å². The Kier molecular flexibility index (Phi) is 7.63. The van der Waals surface area contributed by atoms with Gasteiger partial charge in [0.05, 0.1) is 29.6 Å². The predicted molar refractivity (Wildman–Crippen MR) is 132 cm³/mol.